The summed E-state index contributed by atoms with van der Waals surface area (Å²) in [7, 11) is -2.84. The number of rotatable bonds is 2. The van der Waals surface area contributed by atoms with Crippen molar-refractivity contribution >= 4 is 16.7 Å². The maximum Gasteiger partial charge on any atom is 0.185 e. The van der Waals surface area contributed by atoms with Gasteiger partial charge in [-0.05, 0) is 12.9 Å². The number of methoxy groups -OCH3 is 1. The van der Waals surface area contributed by atoms with Crippen LogP contribution in [0.2, 0.25) is 0 Å². The van der Waals surface area contributed by atoms with Crippen molar-refractivity contribution < 1.29 is 15.7 Å². The van der Waals surface area contributed by atoms with Gasteiger partial charge < -0.3 is 15.0 Å². The highest BCUT2D eigenvalue weighted by Crippen LogP contribution is 2.30. The SMILES string of the molecule is [2H]C([2H])([2H])Oc1c(N)ncc2ccn(C([2H])([2H])C([2H])([2H])[2H])c12. The van der Waals surface area contributed by atoms with Gasteiger partial charge in [0, 0.05) is 31.1 Å². The van der Waals surface area contributed by atoms with E-state index < -0.39 is 20.4 Å². The highest BCUT2D eigenvalue weighted by molar-refractivity contribution is 5.88. The molecule has 2 heterocycles. The highest BCUT2D eigenvalue weighted by Gasteiger charge is 2.10. The molecule has 0 aliphatic carbocycles. The molecule has 2 aromatic rings. The first-order valence-corrected chi connectivity index (χ1v) is 3.79. The van der Waals surface area contributed by atoms with Crippen LogP contribution < -0.4 is 10.5 Å². The van der Waals surface area contributed by atoms with Crippen molar-refractivity contribution in [3.8, 4) is 5.75 Å². The zero-order valence-electron chi connectivity index (χ0n) is 15.1. The minimum atomic E-state index is -2.98. The average Bonchev–Trinajstić information content (AvgIpc) is 2.74. The molecule has 0 atom stereocenters. The molecule has 2 aromatic heterocycles. The van der Waals surface area contributed by atoms with Crippen LogP contribution in [0.3, 0.4) is 0 Å². The first-order chi connectivity index (χ1) is 9.84. The molecule has 0 spiro atoms. The van der Waals surface area contributed by atoms with Crippen LogP contribution in [0.15, 0.2) is 18.5 Å². The molecule has 0 amide bonds. The maximum atomic E-state index is 7.83. The third kappa shape index (κ3) is 1.11. The first-order valence-electron chi connectivity index (χ1n) is 7.79. The molecule has 4 nitrogen and oxygen atoms in total. The van der Waals surface area contributed by atoms with Gasteiger partial charge in [-0.3, -0.25) is 0 Å². The quantitative estimate of drug-likeness (QED) is 0.800. The molecule has 14 heavy (non-hydrogen) atoms. The van der Waals surface area contributed by atoms with Crippen LogP contribution in [0.5, 0.6) is 5.75 Å². The van der Waals surface area contributed by atoms with Crippen LogP contribution in [0.4, 0.5) is 5.82 Å². The smallest absolute Gasteiger partial charge is 0.185 e. The van der Waals surface area contributed by atoms with Crippen molar-refractivity contribution in [1.29, 1.82) is 0 Å². The van der Waals surface area contributed by atoms with Gasteiger partial charge in [-0.15, -0.1) is 0 Å². The second-order valence-corrected chi connectivity index (χ2v) is 2.68. The van der Waals surface area contributed by atoms with E-state index in [0.717, 1.165) is 4.57 Å². The Morgan fingerprint density at radius 1 is 1.79 bits per heavy atom. The third-order valence-electron chi connectivity index (χ3n) is 1.93. The monoisotopic (exact) mass is 199 g/mol. The molecule has 0 unspecified atom stereocenters. The van der Waals surface area contributed by atoms with Crippen LogP contribution in [-0.2, 0) is 6.50 Å². The summed E-state index contributed by atoms with van der Waals surface area (Å²) in [5, 5.41) is 0.307. The van der Waals surface area contributed by atoms with E-state index in [-0.39, 0.29) is 17.1 Å². The summed E-state index contributed by atoms with van der Waals surface area (Å²) in [4.78, 5) is 3.78. The zero-order valence-corrected chi connectivity index (χ0v) is 7.11. The standard InChI is InChI=1S/C10H13N3O/c1-3-13-5-4-7-6-12-10(11)9(14-2)8(7)13/h4-6H,3H2,1-2H3,(H2,11,12)/i1D3,2D3,3D2. The van der Waals surface area contributed by atoms with Gasteiger partial charge in [0.25, 0.3) is 0 Å². The van der Waals surface area contributed by atoms with Crippen molar-refractivity contribution in [1.82, 2.24) is 9.55 Å². The number of nitrogens with two attached hydrogens (primary N) is 1. The molecule has 2 N–H and O–H groups in total. The Bertz CT molecular complexity index is 702. The second-order valence-electron chi connectivity index (χ2n) is 2.68. The Morgan fingerprint density at radius 3 is 3.50 bits per heavy atom. The fraction of sp³-hybridized carbons (Fsp3) is 0.300. The Kier molecular flexibility index (Phi) is 0.793. The molecule has 0 fully saturated rings. The predicted molar refractivity (Wildman–Crippen MR) is 56.4 cm³/mol. The molecule has 0 saturated carbocycles. The number of hydrogen-bond donors (Lipinski definition) is 1. The zero-order chi connectivity index (χ0) is 16.9. The van der Waals surface area contributed by atoms with Gasteiger partial charge in [0.15, 0.2) is 11.6 Å². The van der Waals surface area contributed by atoms with E-state index in [1.165, 1.54) is 18.5 Å². The van der Waals surface area contributed by atoms with Crippen LogP contribution in [0.25, 0.3) is 10.9 Å². The number of hydrogen-bond acceptors (Lipinski definition) is 3. The molecule has 74 valence electrons. The van der Waals surface area contributed by atoms with Gasteiger partial charge in [-0.1, -0.05) is 0 Å². The first kappa shape index (κ1) is 3.46. The van der Waals surface area contributed by atoms with Crippen molar-refractivity contribution in [3.63, 3.8) is 0 Å². The number of ether oxygens (including phenoxy) is 1. The Balaban J connectivity index is 2.76. The molecule has 0 aliphatic heterocycles. The van der Waals surface area contributed by atoms with Crippen molar-refractivity contribution in [2.24, 2.45) is 0 Å². The van der Waals surface area contributed by atoms with Crippen LogP contribution in [0.1, 0.15) is 17.8 Å². The molecular weight excluding hydrogens is 178 g/mol. The van der Waals surface area contributed by atoms with Gasteiger partial charge in [0.05, 0.1) is 16.7 Å². The van der Waals surface area contributed by atoms with E-state index in [9.17, 15) is 0 Å². The van der Waals surface area contributed by atoms with Crippen molar-refractivity contribution in [3.05, 3.63) is 18.5 Å². The lowest BCUT2D eigenvalue weighted by atomic mass is 10.3. The van der Waals surface area contributed by atoms with Crippen LogP contribution >= 0.6 is 0 Å². The number of fused-ring (bicyclic) bond motifs is 1. The summed E-state index contributed by atoms with van der Waals surface area (Å²) in [6, 6.07) is 1.40. The number of aromatic nitrogens is 2. The lowest BCUT2D eigenvalue weighted by Crippen LogP contribution is -1.99. The van der Waals surface area contributed by atoms with E-state index in [1.54, 1.807) is 0 Å². The average molecular weight is 199 g/mol. The molecule has 0 saturated heterocycles. The minimum Gasteiger partial charge on any atom is -0.491 e. The van der Waals surface area contributed by atoms with Gasteiger partial charge >= 0.3 is 0 Å². The Labute approximate surface area is 93.5 Å². The number of nitrogens with zero attached hydrogens (tertiary/aromatic N) is 2. The van der Waals surface area contributed by atoms with Gasteiger partial charge in [-0.25, -0.2) is 4.98 Å². The maximum absolute atomic E-state index is 7.83. The molecule has 4 heteroatoms. The Morgan fingerprint density at radius 2 is 2.71 bits per heavy atom. The summed E-state index contributed by atoms with van der Waals surface area (Å²) < 4.78 is 64.7. The minimum absolute atomic E-state index is 0.0789. The Hall–Kier alpha value is -1.71. The van der Waals surface area contributed by atoms with Gasteiger partial charge in [0.1, 0.15) is 0 Å². The predicted octanol–water partition coefficient (Wildman–Crippen LogP) is 1.65. The molecular formula is C10H13N3O. The summed E-state index contributed by atoms with van der Waals surface area (Å²) in [5.74, 6) is -0.652. The molecule has 0 aromatic carbocycles. The lowest BCUT2D eigenvalue weighted by molar-refractivity contribution is 0.418. The van der Waals surface area contributed by atoms with Crippen molar-refractivity contribution in [2.45, 2.75) is 13.3 Å². The third-order valence-corrected chi connectivity index (χ3v) is 1.93. The fourth-order valence-electron chi connectivity index (χ4n) is 1.30. The van der Waals surface area contributed by atoms with Gasteiger partial charge in [0.2, 0.25) is 0 Å². The van der Waals surface area contributed by atoms with E-state index in [4.69, 9.17) is 21.4 Å². The number of aryl methyl sites for hydroxylation is 1. The fourth-order valence-corrected chi connectivity index (χ4v) is 1.30. The number of nitrogen functional groups attached to an aromatic ring is 1. The van der Waals surface area contributed by atoms with E-state index in [1.807, 2.05) is 0 Å². The van der Waals surface area contributed by atoms with Crippen LogP contribution in [0, 0.1) is 0 Å². The molecule has 0 bridgehead atoms. The largest absolute Gasteiger partial charge is 0.491 e. The van der Waals surface area contributed by atoms with Crippen molar-refractivity contribution in [2.75, 3.05) is 12.8 Å². The molecule has 2 rings (SSSR count). The van der Waals surface area contributed by atoms with E-state index in [0.29, 0.717) is 5.39 Å². The van der Waals surface area contributed by atoms with Crippen LogP contribution in [-0.4, -0.2) is 16.6 Å². The number of anilines is 1. The second kappa shape index (κ2) is 3.21. The molecule has 0 aliphatic rings. The summed E-state index contributed by atoms with van der Waals surface area (Å²) in [5.41, 5.74) is 5.53. The lowest BCUT2D eigenvalue weighted by Gasteiger charge is -2.08. The summed E-state index contributed by atoms with van der Waals surface area (Å²) in [6.07, 6.45) is 2.47. The summed E-state index contributed by atoms with van der Waals surface area (Å²) in [6.45, 7) is -5.76. The van der Waals surface area contributed by atoms with E-state index in [2.05, 4.69) is 4.98 Å². The molecule has 0 radical (unpaired) electrons. The number of pyridine rings is 1. The van der Waals surface area contributed by atoms with E-state index >= 15 is 0 Å². The normalized spacial score (nSPS) is 22.0. The van der Waals surface area contributed by atoms with Gasteiger partial charge in [-0.2, -0.15) is 0 Å². The summed E-state index contributed by atoms with van der Waals surface area (Å²) >= 11 is 0. The highest BCUT2D eigenvalue weighted by atomic mass is 16.5. The topological polar surface area (TPSA) is 53.1 Å².